The summed E-state index contributed by atoms with van der Waals surface area (Å²) in [5, 5.41) is 5.95. The molecule has 2 aliphatic rings. The number of carbonyl (C=O) groups is 2. The first-order chi connectivity index (χ1) is 9.17. The van der Waals surface area contributed by atoms with Crippen LogP contribution in [0.15, 0.2) is 0 Å². The van der Waals surface area contributed by atoms with E-state index >= 15 is 0 Å². The van der Waals surface area contributed by atoms with E-state index in [1.165, 1.54) is 0 Å². The third kappa shape index (κ3) is 3.47. The number of carbonyl (C=O) groups excluding carboxylic acids is 2. The lowest BCUT2D eigenvalue weighted by molar-refractivity contribution is -0.134. The van der Waals surface area contributed by atoms with E-state index in [0.717, 1.165) is 45.1 Å². The number of amides is 2. The SMILES string of the molecule is CNC(CC[C@@H]1CC1NC=O)C(=O)N1CCCC1C. The highest BCUT2D eigenvalue weighted by Gasteiger charge is 2.38. The van der Waals surface area contributed by atoms with E-state index in [2.05, 4.69) is 17.6 Å². The van der Waals surface area contributed by atoms with Crippen LogP contribution in [-0.2, 0) is 9.59 Å². The summed E-state index contributed by atoms with van der Waals surface area (Å²) in [7, 11) is 1.86. The molecule has 0 bridgehead atoms. The van der Waals surface area contributed by atoms with Crippen LogP contribution in [0, 0.1) is 5.92 Å². The van der Waals surface area contributed by atoms with Crippen LogP contribution in [0.5, 0.6) is 0 Å². The standard InChI is InChI=1S/C14H25N3O2/c1-10-4-3-7-17(10)14(19)12(15-2)6-5-11-8-13(11)16-9-18/h9-13,15H,3-8H2,1-2H3,(H,16,18)/t10?,11-,12?,13?/m1/s1. The van der Waals surface area contributed by atoms with E-state index in [9.17, 15) is 9.59 Å². The molecule has 1 aliphatic heterocycles. The van der Waals surface area contributed by atoms with Crippen LogP contribution in [0.25, 0.3) is 0 Å². The normalized spacial score (nSPS) is 31.1. The quantitative estimate of drug-likeness (QED) is 0.660. The summed E-state index contributed by atoms with van der Waals surface area (Å²) in [6, 6.07) is 0.655. The van der Waals surface area contributed by atoms with Crippen LogP contribution in [0.1, 0.15) is 39.0 Å². The maximum Gasteiger partial charge on any atom is 0.239 e. The Hall–Kier alpha value is -1.10. The molecule has 1 aliphatic carbocycles. The lowest BCUT2D eigenvalue weighted by Crippen LogP contribution is -2.46. The molecule has 19 heavy (non-hydrogen) atoms. The Kier molecular flexibility index (Phi) is 4.80. The van der Waals surface area contributed by atoms with Crippen molar-refractivity contribution < 1.29 is 9.59 Å². The predicted molar refractivity (Wildman–Crippen MR) is 73.6 cm³/mol. The molecule has 0 spiro atoms. The molecule has 1 heterocycles. The summed E-state index contributed by atoms with van der Waals surface area (Å²) in [6.45, 7) is 3.03. The van der Waals surface area contributed by atoms with Crippen molar-refractivity contribution in [1.82, 2.24) is 15.5 Å². The molecule has 5 nitrogen and oxygen atoms in total. The Labute approximate surface area is 115 Å². The number of nitrogens with zero attached hydrogens (tertiary/aromatic N) is 1. The molecule has 2 N–H and O–H groups in total. The molecule has 0 aromatic heterocycles. The van der Waals surface area contributed by atoms with E-state index < -0.39 is 0 Å². The lowest BCUT2D eigenvalue weighted by Gasteiger charge is -2.26. The second kappa shape index (κ2) is 6.37. The summed E-state index contributed by atoms with van der Waals surface area (Å²) >= 11 is 0. The molecule has 0 aromatic carbocycles. The Morgan fingerprint density at radius 3 is 2.89 bits per heavy atom. The number of hydrogen-bond acceptors (Lipinski definition) is 3. The third-order valence-corrected chi connectivity index (χ3v) is 4.51. The van der Waals surface area contributed by atoms with Crippen LogP contribution in [0.4, 0.5) is 0 Å². The number of nitrogens with one attached hydrogen (secondary N) is 2. The molecule has 3 unspecified atom stereocenters. The molecule has 108 valence electrons. The summed E-state index contributed by atoms with van der Waals surface area (Å²) in [5.41, 5.74) is 0. The van der Waals surface area contributed by atoms with Crippen LogP contribution < -0.4 is 10.6 Å². The Morgan fingerprint density at radius 2 is 2.32 bits per heavy atom. The van der Waals surface area contributed by atoms with E-state index in [-0.39, 0.29) is 11.9 Å². The minimum absolute atomic E-state index is 0.0713. The largest absolute Gasteiger partial charge is 0.356 e. The molecule has 5 heteroatoms. The van der Waals surface area contributed by atoms with Gasteiger partial charge in [-0.2, -0.15) is 0 Å². The summed E-state index contributed by atoms with van der Waals surface area (Å²) in [4.78, 5) is 24.8. The highest BCUT2D eigenvalue weighted by Crippen LogP contribution is 2.35. The summed E-state index contributed by atoms with van der Waals surface area (Å²) < 4.78 is 0. The maximum absolute atomic E-state index is 12.4. The van der Waals surface area contributed by atoms with Crippen molar-refractivity contribution in [3.05, 3.63) is 0 Å². The van der Waals surface area contributed by atoms with Gasteiger partial charge in [0.2, 0.25) is 12.3 Å². The van der Waals surface area contributed by atoms with Crippen LogP contribution >= 0.6 is 0 Å². The van der Waals surface area contributed by atoms with E-state index in [1.807, 2.05) is 11.9 Å². The zero-order valence-electron chi connectivity index (χ0n) is 11.9. The Balaban J connectivity index is 1.76. The highest BCUT2D eigenvalue weighted by atomic mass is 16.2. The topological polar surface area (TPSA) is 61.4 Å². The first-order valence-corrected chi connectivity index (χ1v) is 7.34. The van der Waals surface area contributed by atoms with E-state index in [0.29, 0.717) is 18.0 Å². The second-order valence-electron chi connectivity index (χ2n) is 5.83. The molecule has 0 aromatic rings. The number of hydrogen-bond donors (Lipinski definition) is 2. The summed E-state index contributed by atoms with van der Waals surface area (Å²) in [6.07, 6.45) is 5.94. The van der Waals surface area contributed by atoms with Crippen molar-refractivity contribution in [1.29, 1.82) is 0 Å². The minimum Gasteiger partial charge on any atom is -0.356 e. The molecule has 2 amide bonds. The fraction of sp³-hybridized carbons (Fsp3) is 0.857. The van der Waals surface area contributed by atoms with Crippen molar-refractivity contribution in [2.75, 3.05) is 13.6 Å². The van der Waals surface area contributed by atoms with Crippen molar-refractivity contribution in [3.8, 4) is 0 Å². The Bertz CT molecular complexity index is 335. The molecule has 2 fully saturated rings. The average molecular weight is 267 g/mol. The van der Waals surface area contributed by atoms with Crippen molar-refractivity contribution in [3.63, 3.8) is 0 Å². The smallest absolute Gasteiger partial charge is 0.239 e. The van der Waals surface area contributed by atoms with Gasteiger partial charge in [0.25, 0.3) is 0 Å². The van der Waals surface area contributed by atoms with Crippen LogP contribution in [0.3, 0.4) is 0 Å². The van der Waals surface area contributed by atoms with Crippen LogP contribution in [-0.4, -0.2) is 48.9 Å². The van der Waals surface area contributed by atoms with Gasteiger partial charge in [-0.25, -0.2) is 0 Å². The van der Waals surface area contributed by atoms with Gasteiger partial charge in [-0.05, 0) is 52.0 Å². The van der Waals surface area contributed by atoms with Gasteiger partial charge in [-0.3, -0.25) is 9.59 Å². The zero-order valence-corrected chi connectivity index (χ0v) is 11.9. The molecule has 1 saturated carbocycles. The van der Waals surface area contributed by atoms with Gasteiger partial charge >= 0.3 is 0 Å². The molecule has 2 rings (SSSR count). The number of likely N-dealkylation sites (N-methyl/N-ethyl adjacent to an activating group) is 1. The fourth-order valence-electron chi connectivity index (χ4n) is 3.09. The molecule has 4 atom stereocenters. The van der Waals surface area contributed by atoms with Gasteiger partial charge in [0.15, 0.2) is 0 Å². The van der Waals surface area contributed by atoms with Gasteiger partial charge in [-0.1, -0.05) is 0 Å². The maximum atomic E-state index is 12.4. The highest BCUT2D eigenvalue weighted by molar-refractivity contribution is 5.82. The molecule has 0 radical (unpaired) electrons. The first-order valence-electron chi connectivity index (χ1n) is 7.34. The van der Waals surface area contributed by atoms with Gasteiger partial charge in [0, 0.05) is 18.6 Å². The number of likely N-dealkylation sites (tertiary alicyclic amines) is 1. The lowest BCUT2D eigenvalue weighted by atomic mass is 10.1. The predicted octanol–water partition coefficient (Wildman–Crippen LogP) is 0.500. The molecular weight excluding hydrogens is 242 g/mol. The third-order valence-electron chi connectivity index (χ3n) is 4.51. The van der Waals surface area contributed by atoms with Gasteiger partial charge in [0.05, 0.1) is 6.04 Å². The summed E-state index contributed by atoms with van der Waals surface area (Å²) in [5.74, 6) is 0.804. The van der Waals surface area contributed by atoms with Crippen LogP contribution in [0.2, 0.25) is 0 Å². The first kappa shape index (κ1) is 14.3. The minimum atomic E-state index is -0.0713. The average Bonchev–Trinajstić information content (AvgIpc) is 2.99. The zero-order chi connectivity index (χ0) is 13.8. The van der Waals surface area contributed by atoms with Gasteiger partial charge in [-0.15, -0.1) is 0 Å². The van der Waals surface area contributed by atoms with E-state index in [1.54, 1.807) is 0 Å². The van der Waals surface area contributed by atoms with Gasteiger partial charge in [0.1, 0.15) is 0 Å². The second-order valence-corrected chi connectivity index (χ2v) is 5.83. The monoisotopic (exact) mass is 267 g/mol. The number of rotatable bonds is 7. The van der Waals surface area contributed by atoms with E-state index in [4.69, 9.17) is 0 Å². The van der Waals surface area contributed by atoms with Crippen molar-refractivity contribution in [2.24, 2.45) is 5.92 Å². The molecule has 1 saturated heterocycles. The Morgan fingerprint density at radius 1 is 1.53 bits per heavy atom. The van der Waals surface area contributed by atoms with Gasteiger partial charge < -0.3 is 15.5 Å². The van der Waals surface area contributed by atoms with Crippen molar-refractivity contribution in [2.45, 2.75) is 57.2 Å². The molecular formula is C14H25N3O2. The van der Waals surface area contributed by atoms with Crippen molar-refractivity contribution >= 4 is 12.3 Å². The fourth-order valence-corrected chi connectivity index (χ4v) is 3.09.